The molecule has 1 aliphatic carbocycles. The summed E-state index contributed by atoms with van der Waals surface area (Å²) in [6, 6.07) is 15.5. The zero-order chi connectivity index (χ0) is 32.1. The fraction of sp³-hybridized carbons (Fsp3) is 0.310. The number of nitrogens with one attached hydrogen (secondary N) is 3. The summed E-state index contributed by atoms with van der Waals surface area (Å²) in [7, 11) is -4.20. The van der Waals surface area contributed by atoms with E-state index in [0.29, 0.717) is 35.2 Å². The van der Waals surface area contributed by atoms with E-state index in [-0.39, 0.29) is 27.3 Å². The van der Waals surface area contributed by atoms with Gasteiger partial charge in [0.25, 0.3) is 15.9 Å². The van der Waals surface area contributed by atoms with Crippen LogP contribution >= 0.6 is 51.1 Å². The minimum atomic E-state index is -4.20. The fourth-order valence-electron chi connectivity index (χ4n) is 4.87. The van der Waals surface area contributed by atoms with E-state index in [4.69, 9.17) is 23.4 Å². The maximum atomic E-state index is 12.9. The van der Waals surface area contributed by atoms with Gasteiger partial charge in [0.2, 0.25) is 10.6 Å². The van der Waals surface area contributed by atoms with E-state index < -0.39 is 22.0 Å². The molecule has 3 aromatic carbocycles. The second kappa shape index (κ2) is 14.8. The summed E-state index contributed by atoms with van der Waals surface area (Å²) in [5.74, 6) is -0.520. The van der Waals surface area contributed by atoms with Crippen LogP contribution in [-0.4, -0.2) is 53.3 Å². The molecule has 6 N–H and O–H groups in total. The smallest absolute Gasteiger partial charge is 0.291 e. The lowest BCUT2D eigenvalue weighted by Crippen LogP contribution is -2.67. The van der Waals surface area contributed by atoms with Crippen LogP contribution in [-0.2, 0) is 19.6 Å². The van der Waals surface area contributed by atoms with Gasteiger partial charge >= 0.3 is 0 Å². The summed E-state index contributed by atoms with van der Waals surface area (Å²) in [5.41, 5.74) is 6.21. The third-order valence-corrected chi connectivity index (χ3v) is 10.6. The van der Waals surface area contributed by atoms with Gasteiger partial charge in [0, 0.05) is 18.4 Å². The topological polar surface area (TPSA) is 163 Å². The van der Waals surface area contributed by atoms with E-state index in [1.807, 2.05) is 21.4 Å². The Kier molecular flexibility index (Phi) is 11.1. The number of unbranched alkanes of at least 4 members (excludes halogenated alkanes) is 1. The van der Waals surface area contributed by atoms with Crippen LogP contribution in [0.3, 0.4) is 0 Å². The Labute approximate surface area is 283 Å². The second-order valence-corrected chi connectivity index (χ2v) is 14.6. The molecule has 0 saturated heterocycles. The predicted octanol–water partition coefficient (Wildman–Crippen LogP) is 4.77. The van der Waals surface area contributed by atoms with E-state index in [9.17, 15) is 18.0 Å². The average Bonchev–Trinajstić information content (AvgIpc) is 3.80. The molecule has 1 atom stereocenters. The number of carbonyl (C=O) groups excluding carboxylic acids is 2. The maximum Gasteiger partial charge on any atom is 0.291 e. The van der Waals surface area contributed by atoms with Gasteiger partial charge < -0.3 is 11.1 Å². The number of thioether (sulfide) groups is 1. The first-order chi connectivity index (χ1) is 21.6. The Morgan fingerprint density at radius 1 is 1.09 bits per heavy atom. The van der Waals surface area contributed by atoms with Crippen molar-refractivity contribution in [3.05, 3.63) is 69.9 Å². The number of hydrogen-bond donors (Lipinski definition) is 4. The van der Waals surface area contributed by atoms with Crippen LogP contribution in [0.2, 0.25) is 5.02 Å². The van der Waals surface area contributed by atoms with Crippen LogP contribution < -0.4 is 20.6 Å². The molecular formula is C29H31BrCl2N7O4S2+. The van der Waals surface area contributed by atoms with Crippen molar-refractivity contribution in [2.24, 2.45) is 0 Å². The van der Waals surface area contributed by atoms with Crippen LogP contribution in [0.4, 0.5) is 5.69 Å². The fourth-order valence-corrected chi connectivity index (χ4v) is 7.67. The molecular weight excluding hydrogens is 725 g/mol. The van der Waals surface area contributed by atoms with E-state index >= 15 is 0 Å². The molecule has 4 aromatic rings. The van der Waals surface area contributed by atoms with E-state index in [1.165, 1.54) is 53.8 Å². The van der Waals surface area contributed by atoms with Crippen molar-refractivity contribution >= 4 is 89.4 Å². The third-order valence-electron chi connectivity index (χ3n) is 7.32. The molecule has 1 aliphatic rings. The lowest BCUT2D eigenvalue weighted by atomic mass is 9.99. The van der Waals surface area contributed by atoms with Crippen LogP contribution in [0.1, 0.15) is 43.6 Å². The van der Waals surface area contributed by atoms with Crippen molar-refractivity contribution in [3.8, 4) is 5.69 Å². The molecule has 1 aromatic heterocycles. The molecule has 0 aliphatic heterocycles. The lowest BCUT2D eigenvalue weighted by molar-refractivity contribution is -0.404. The minimum Gasteiger partial charge on any atom is -0.347 e. The highest BCUT2D eigenvalue weighted by Gasteiger charge is 2.27. The van der Waals surface area contributed by atoms with Crippen LogP contribution in [0.25, 0.3) is 16.5 Å². The molecule has 1 heterocycles. The first kappa shape index (κ1) is 33.6. The molecule has 11 nitrogen and oxygen atoms in total. The van der Waals surface area contributed by atoms with E-state index in [0.717, 1.165) is 17.5 Å². The molecule has 0 unspecified atom stereocenters. The molecule has 16 heteroatoms. The van der Waals surface area contributed by atoms with Gasteiger partial charge in [-0.3, -0.25) is 14.2 Å². The maximum absolute atomic E-state index is 12.9. The minimum absolute atomic E-state index is 0.00319. The lowest BCUT2D eigenvalue weighted by Gasteiger charge is -2.14. The van der Waals surface area contributed by atoms with Crippen molar-refractivity contribution in [1.82, 2.24) is 24.3 Å². The normalized spacial score (nSPS) is 14.0. The molecule has 0 spiro atoms. The SMILES string of the molecule is [NH3+][C@@H](CCCCNCl)C(=O)NS(=O)(=O)c1ccc(NC(=O)CSc2nnc(Br)n2-c2ccc(C3CC3)c3ccccc23)c(Cl)c1. The summed E-state index contributed by atoms with van der Waals surface area (Å²) in [6.07, 6.45) is 4.17. The summed E-state index contributed by atoms with van der Waals surface area (Å²) < 4.78 is 30.0. The number of hydrogen-bond acceptors (Lipinski definition) is 8. The van der Waals surface area contributed by atoms with E-state index in [1.54, 1.807) is 0 Å². The second-order valence-electron chi connectivity index (χ2n) is 10.6. The summed E-state index contributed by atoms with van der Waals surface area (Å²) in [5, 5.41) is 13.9. The highest BCUT2D eigenvalue weighted by molar-refractivity contribution is 9.10. The number of carbonyl (C=O) groups is 2. The molecule has 45 heavy (non-hydrogen) atoms. The van der Waals surface area contributed by atoms with Crippen molar-refractivity contribution in [2.75, 3.05) is 17.6 Å². The highest BCUT2D eigenvalue weighted by Crippen LogP contribution is 2.44. The van der Waals surface area contributed by atoms with Gasteiger partial charge in [-0.1, -0.05) is 53.7 Å². The average molecular weight is 757 g/mol. The Morgan fingerprint density at radius 3 is 2.56 bits per heavy atom. The van der Waals surface area contributed by atoms with Gasteiger partial charge in [0.05, 0.1) is 27.0 Å². The zero-order valence-electron chi connectivity index (χ0n) is 23.9. The number of aromatic nitrogens is 3. The Hall–Kier alpha value is -2.72. The van der Waals surface area contributed by atoms with Gasteiger partial charge in [-0.2, -0.15) is 0 Å². The molecule has 5 rings (SSSR count). The van der Waals surface area contributed by atoms with Gasteiger partial charge in [0.15, 0.2) is 11.2 Å². The molecule has 1 fully saturated rings. The summed E-state index contributed by atoms with van der Waals surface area (Å²) in [4.78, 5) is 27.6. The number of nitrogens with zero attached hydrogens (tertiary/aromatic N) is 3. The Bertz CT molecular complexity index is 1840. The number of sulfonamides is 1. The van der Waals surface area contributed by atoms with Gasteiger partial charge in [-0.05, 0) is 94.5 Å². The van der Waals surface area contributed by atoms with Crippen molar-refractivity contribution in [1.29, 1.82) is 0 Å². The first-order valence-electron chi connectivity index (χ1n) is 14.2. The number of amides is 2. The van der Waals surface area contributed by atoms with Crippen molar-refractivity contribution < 1.29 is 23.7 Å². The number of fused-ring (bicyclic) bond motifs is 1. The Morgan fingerprint density at radius 2 is 1.84 bits per heavy atom. The molecule has 238 valence electrons. The summed E-state index contributed by atoms with van der Waals surface area (Å²) in [6.45, 7) is 0.569. The monoisotopic (exact) mass is 754 g/mol. The predicted molar refractivity (Wildman–Crippen MR) is 179 cm³/mol. The molecule has 1 saturated carbocycles. The van der Waals surface area contributed by atoms with Gasteiger partial charge in [-0.15, -0.1) is 10.2 Å². The number of rotatable bonds is 14. The molecule has 2 amide bonds. The number of anilines is 1. The van der Waals surface area contributed by atoms with Crippen LogP contribution in [0, 0.1) is 0 Å². The number of halogens is 3. The quantitative estimate of drug-likeness (QED) is 0.0813. The summed E-state index contributed by atoms with van der Waals surface area (Å²) >= 11 is 16.5. The molecule has 0 bridgehead atoms. The number of quaternary nitrogens is 1. The number of benzene rings is 3. The van der Waals surface area contributed by atoms with Crippen molar-refractivity contribution in [3.63, 3.8) is 0 Å². The largest absolute Gasteiger partial charge is 0.347 e. The van der Waals surface area contributed by atoms with Gasteiger partial charge in [0.1, 0.15) is 0 Å². The first-order valence-corrected chi connectivity index (χ1v) is 18.2. The van der Waals surface area contributed by atoms with Crippen LogP contribution in [0.5, 0.6) is 0 Å². The van der Waals surface area contributed by atoms with E-state index in [2.05, 4.69) is 66.3 Å². The Balaban J connectivity index is 1.23. The third kappa shape index (κ3) is 8.17. The van der Waals surface area contributed by atoms with Crippen LogP contribution in [0.15, 0.2) is 69.4 Å². The standard InChI is InChI=1S/C29H30BrCl2N7O4S2/c30-28-36-37-29(39(28)25-13-11-19(17-8-9-17)20-5-1-2-6-21(20)25)44-16-26(40)35-24-12-10-18(15-22(24)31)45(42,43)38-27(41)23(33)7-3-4-14-34-32/h1-2,5-6,10-13,15,17,23,34H,3-4,7-9,14,16,33H2,(H,35,40)(H,38,41)/p+1/t23-/m0/s1. The van der Waals surface area contributed by atoms with Gasteiger partial charge in [-0.25, -0.2) is 18.0 Å². The zero-order valence-corrected chi connectivity index (χ0v) is 28.7. The highest BCUT2D eigenvalue weighted by atomic mass is 79.9. The van der Waals surface area contributed by atoms with Crippen molar-refractivity contribution in [2.45, 2.75) is 54.1 Å². The molecule has 0 radical (unpaired) electrons.